The second-order valence-electron chi connectivity index (χ2n) is 7.73. The molecule has 0 aliphatic carbocycles. The Bertz CT molecular complexity index is 1180. The van der Waals surface area contributed by atoms with Crippen LogP contribution in [-0.2, 0) is 14.6 Å². The SMILES string of the molecule is Cc1cccc(N2CCN(C(=O)c3ccc(S(=O)(=O)CC(=O)O)c([N+](=O)[O-])c3)CC2C)c1. The van der Waals surface area contributed by atoms with E-state index in [1.165, 1.54) is 6.07 Å². The molecule has 1 N–H and O–H groups in total. The number of aryl methyl sites for hydroxylation is 1. The number of carbonyl (C=O) groups is 2. The van der Waals surface area contributed by atoms with E-state index < -0.39 is 43.0 Å². The molecule has 11 heteroatoms. The van der Waals surface area contributed by atoms with Crippen molar-refractivity contribution in [3.05, 3.63) is 63.7 Å². The van der Waals surface area contributed by atoms with Gasteiger partial charge in [-0.3, -0.25) is 19.7 Å². The molecular formula is C21H23N3O7S. The summed E-state index contributed by atoms with van der Waals surface area (Å²) < 4.78 is 24.4. The molecule has 10 nitrogen and oxygen atoms in total. The fourth-order valence-corrected chi connectivity index (χ4v) is 5.02. The molecule has 1 aliphatic heterocycles. The minimum atomic E-state index is -4.43. The molecule has 0 bridgehead atoms. The van der Waals surface area contributed by atoms with E-state index in [1.807, 2.05) is 32.0 Å². The summed E-state index contributed by atoms with van der Waals surface area (Å²) in [7, 11) is -4.43. The quantitative estimate of drug-likeness (QED) is 0.510. The van der Waals surface area contributed by atoms with Gasteiger partial charge in [-0.1, -0.05) is 12.1 Å². The van der Waals surface area contributed by atoms with Crippen LogP contribution in [0, 0.1) is 17.0 Å². The van der Waals surface area contributed by atoms with Crippen LogP contribution in [0.15, 0.2) is 47.4 Å². The number of nitrogens with zero attached hydrogens (tertiary/aromatic N) is 3. The number of hydrogen-bond donors (Lipinski definition) is 1. The number of hydrogen-bond acceptors (Lipinski definition) is 7. The van der Waals surface area contributed by atoms with Crippen LogP contribution in [-0.4, -0.2) is 66.7 Å². The second kappa shape index (κ2) is 8.95. The second-order valence-corrected chi connectivity index (χ2v) is 9.68. The highest BCUT2D eigenvalue weighted by Gasteiger charge is 2.32. The van der Waals surface area contributed by atoms with Crippen molar-refractivity contribution in [2.75, 3.05) is 30.3 Å². The van der Waals surface area contributed by atoms with Crippen LogP contribution in [0.1, 0.15) is 22.8 Å². The van der Waals surface area contributed by atoms with Gasteiger partial charge in [0.15, 0.2) is 15.6 Å². The van der Waals surface area contributed by atoms with E-state index in [1.54, 1.807) is 4.90 Å². The average Bonchev–Trinajstić information content (AvgIpc) is 2.71. The third-order valence-corrected chi connectivity index (χ3v) is 6.94. The standard InChI is InChI=1S/C21H23N3O7S/c1-14-4-3-5-17(10-14)23-9-8-22(12-15(23)2)21(27)16-6-7-19(18(11-16)24(28)29)32(30,31)13-20(25)26/h3-7,10-11,15H,8-9,12-13H2,1-2H3,(H,25,26). The summed E-state index contributed by atoms with van der Waals surface area (Å²) in [5.41, 5.74) is 1.33. The van der Waals surface area contributed by atoms with E-state index in [2.05, 4.69) is 11.0 Å². The Hall–Kier alpha value is -3.47. The van der Waals surface area contributed by atoms with Gasteiger partial charge in [-0.2, -0.15) is 0 Å². The number of piperazine rings is 1. The lowest BCUT2D eigenvalue weighted by Gasteiger charge is -2.41. The predicted octanol–water partition coefficient (Wildman–Crippen LogP) is 2.11. The number of carboxylic acids is 1. The maximum absolute atomic E-state index is 13.0. The number of nitro benzene ring substituents is 1. The first-order valence-corrected chi connectivity index (χ1v) is 11.5. The van der Waals surface area contributed by atoms with Crippen molar-refractivity contribution < 1.29 is 28.0 Å². The van der Waals surface area contributed by atoms with E-state index in [-0.39, 0.29) is 11.6 Å². The van der Waals surface area contributed by atoms with Gasteiger partial charge in [-0.15, -0.1) is 0 Å². The molecule has 1 unspecified atom stereocenters. The van der Waals surface area contributed by atoms with Gasteiger partial charge in [-0.05, 0) is 43.7 Å². The van der Waals surface area contributed by atoms with Crippen LogP contribution < -0.4 is 4.90 Å². The van der Waals surface area contributed by atoms with Gasteiger partial charge < -0.3 is 14.9 Å². The number of carbonyl (C=O) groups excluding carboxylic acids is 1. The first-order valence-electron chi connectivity index (χ1n) is 9.85. The Kier molecular flexibility index (Phi) is 6.49. The van der Waals surface area contributed by atoms with Crippen molar-refractivity contribution >= 4 is 33.1 Å². The number of rotatable bonds is 6. The molecule has 1 atom stereocenters. The van der Waals surface area contributed by atoms with E-state index in [4.69, 9.17) is 5.11 Å². The lowest BCUT2D eigenvalue weighted by atomic mass is 10.1. The third-order valence-electron chi connectivity index (χ3n) is 5.30. The molecule has 2 aromatic rings. The van der Waals surface area contributed by atoms with Crippen LogP contribution in [0.4, 0.5) is 11.4 Å². The number of sulfone groups is 1. The van der Waals surface area contributed by atoms with Gasteiger partial charge >= 0.3 is 5.97 Å². The summed E-state index contributed by atoms with van der Waals surface area (Å²) >= 11 is 0. The van der Waals surface area contributed by atoms with Crippen LogP contribution >= 0.6 is 0 Å². The van der Waals surface area contributed by atoms with E-state index in [0.717, 1.165) is 23.4 Å². The monoisotopic (exact) mass is 461 g/mol. The number of carboxylic acid groups (broad SMARTS) is 1. The zero-order valence-corrected chi connectivity index (χ0v) is 18.4. The van der Waals surface area contributed by atoms with Crippen molar-refractivity contribution in [3.63, 3.8) is 0 Å². The van der Waals surface area contributed by atoms with Crippen molar-refractivity contribution in [1.29, 1.82) is 0 Å². The fourth-order valence-electron chi connectivity index (χ4n) is 3.81. The van der Waals surface area contributed by atoms with Crippen molar-refractivity contribution in [2.24, 2.45) is 0 Å². The topological polar surface area (TPSA) is 138 Å². The molecule has 1 fully saturated rings. The molecule has 2 aromatic carbocycles. The highest BCUT2D eigenvalue weighted by molar-refractivity contribution is 7.92. The highest BCUT2D eigenvalue weighted by Crippen LogP contribution is 2.28. The predicted molar refractivity (Wildman–Crippen MR) is 117 cm³/mol. The summed E-state index contributed by atoms with van der Waals surface area (Å²) in [6, 6.07) is 11.0. The highest BCUT2D eigenvalue weighted by atomic mass is 32.2. The molecule has 0 radical (unpaired) electrons. The molecule has 32 heavy (non-hydrogen) atoms. The Labute approximate surface area is 185 Å². The van der Waals surface area contributed by atoms with Gasteiger partial charge in [0.05, 0.1) is 4.92 Å². The van der Waals surface area contributed by atoms with Crippen LogP contribution in [0.25, 0.3) is 0 Å². The number of benzene rings is 2. The number of anilines is 1. The molecule has 0 aromatic heterocycles. The van der Waals surface area contributed by atoms with Gasteiger partial charge in [-0.25, -0.2) is 8.42 Å². The summed E-state index contributed by atoms with van der Waals surface area (Å²) in [6.07, 6.45) is 0. The molecule has 1 aliphatic rings. The Morgan fingerprint density at radius 1 is 1.19 bits per heavy atom. The van der Waals surface area contributed by atoms with Crippen LogP contribution in [0.5, 0.6) is 0 Å². The third kappa shape index (κ3) is 4.88. The molecule has 0 saturated carbocycles. The van der Waals surface area contributed by atoms with Gasteiger partial charge in [0.1, 0.15) is 4.90 Å². The summed E-state index contributed by atoms with van der Waals surface area (Å²) in [5.74, 6) is -3.36. The van der Waals surface area contributed by atoms with Gasteiger partial charge in [0.25, 0.3) is 11.6 Å². The average molecular weight is 461 g/mol. The number of nitro groups is 1. The Balaban J connectivity index is 1.83. The Morgan fingerprint density at radius 2 is 1.91 bits per heavy atom. The zero-order chi connectivity index (χ0) is 23.6. The minimum Gasteiger partial charge on any atom is -0.480 e. The molecule has 1 amide bonds. The summed E-state index contributed by atoms with van der Waals surface area (Å²) in [5, 5.41) is 20.2. The first kappa shape index (κ1) is 23.2. The fraction of sp³-hybridized carbons (Fsp3) is 0.333. The lowest BCUT2D eigenvalue weighted by molar-refractivity contribution is -0.387. The van der Waals surface area contributed by atoms with Crippen molar-refractivity contribution in [2.45, 2.75) is 24.8 Å². The van der Waals surface area contributed by atoms with Gasteiger partial charge in [0.2, 0.25) is 0 Å². The zero-order valence-electron chi connectivity index (χ0n) is 17.6. The largest absolute Gasteiger partial charge is 0.480 e. The molecular weight excluding hydrogens is 438 g/mol. The molecule has 3 rings (SSSR count). The molecule has 1 saturated heterocycles. The van der Waals surface area contributed by atoms with Gasteiger partial charge in [0, 0.05) is 43.0 Å². The maximum Gasteiger partial charge on any atom is 0.319 e. The Morgan fingerprint density at radius 3 is 2.50 bits per heavy atom. The van der Waals surface area contributed by atoms with Crippen LogP contribution in [0.2, 0.25) is 0 Å². The minimum absolute atomic E-state index is 0.000275. The number of amides is 1. The van der Waals surface area contributed by atoms with E-state index >= 15 is 0 Å². The molecule has 0 spiro atoms. The summed E-state index contributed by atoms with van der Waals surface area (Å²) in [6.45, 7) is 5.33. The van der Waals surface area contributed by atoms with E-state index in [0.29, 0.717) is 19.6 Å². The van der Waals surface area contributed by atoms with Crippen molar-refractivity contribution in [1.82, 2.24) is 4.90 Å². The first-order chi connectivity index (χ1) is 15.0. The maximum atomic E-state index is 13.0. The molecule has 170 valence electrons. The molecule has 1 heterocycles. The van der Waals surface area contributed by atoms with E-state index in [9.17, 15) is 28.1 Å². The normalized spacial score (nSPS) is 16.6. The van der Waals surface area contributed by atoms with Crippen LogP contribution in [0.3, 0.4) is 0 Å². The number of aliphatic carboxylic acids is 1. The summed E-state index contributed by atoms with van der Waals surface area (Å²) in [4.78, 5) is 37.4. The van der Waals surface area contributed by atoms with Crippen molar-refractivity contribution in [3.8, 4) is 0 Å². The lowest BCUT2D eigenvalue weighted by Crippen LogP contribution is -2.53. The smallest absolute Gasteiger partial charge is 0.319 e.